The summed E-state index contributed by atoms with van der Waals surface area (Å²) in [5.74, 6) is 0.525. The summed E-state index contributed by atoms with van der Waals surface area (Å²) in [7, 11) is 3.75. The van der Waals surface area contributed by atoms with Crippen molar-refractivity contribution >= 4 is 50.7 Å². The van der Waals surface area contributed by atoms with Crippen molar-refractivity contribution in [1.29, 1.82) is 0 Å². The second kappa shape index (κ2) is 25.7. The lowest BCUT2D eigenvalue weighted by molar-refractivity contribution is -0.145. The molecule has 1 saturated carbocycles. The number of hydrogen-bond acceptors (Lipinski definition) is 16. The van der Waals surface area contributed by atoms with E-state index in [9.17, 15) is 14.3 Å². The van der Waals surface area contributed by atoms with Gasteiger partial charge in [0, 0.05) is 74.4 Å². The first-order valence-electron chi connectivity index (χ1n) is 25.4. The molecule has 400 valence electrons. The fourth-order valence-electron chi connectivity index (χ4n) is 9.78. The molecule has 0 spiro atoms. The van der Waals surface area contributed by atoms with Crippen LogP contribution in [0.2, 0.25) is 10.0 Å². The molecule has 75 heavy (non-hydrogen) atoms. The Kier molecular flexibility index (Phi) is 18.7. The Morgan fingerprint density at radius 1 is 0.867 bits per heavy atom. The van der Waals surface area contributed by atoms with Gasteiger partial charge in [-0.2, -0.15) is 0 Å². The number of halogens is 3. The third-order valence-electron chi connectivity index (χ3n) is 13.9. The Bertz CT molecular complexity index is 2870. The van der Waals surface area contributed by atoms with Crippen LogP contribution in [0.5, 0.6) is 23.1 Å². The smallest absolute Gasteiger partial charge is 0.345 e. The monoisotopic (exact) mass is 1090 g/mol. The average Bonchev–Trinajstić information content (AvgIpc) is 3.82. The number of methoxy groups -OCH3 is 1. The van der Waals surface area contributed by atoms with Gasteiger partial charge in [0.25, 0.3) is 0 Å². The van der Waals surface area contributed by atoms with E-state index < -0.39 is 24.0 Å². The first kappa shape index (κ1) is 54.5. The molecule has 1 aliphatic carbocycles. The van der Waals surface area contributed by atoms with Crippen molar-refractivity contribution in [2.24, 2.45) is 0 Å². The quantitative estimate of drug-likeness (QED) is 0.0807. The van der Waals surface area contributed by atoms with Crippen molar-refractivity contribution in [1.82, 2.24) is 29.7 Å². The van der Waals surface area contributed by atoms with E-state index in [-0.39, 0.29) is 37.5 Å². The summed E-state index contributed by atoms with van der Waals surface area (Å²) in [5, 5.41) is 12.0. The highest BCUT2D eigenvalue weighted by Crippen LogP contribution is 2.53. The summed E-state index contributed by atoms with van der Waals surface area (Å²) in [6.07, 6.45) is 4.64. The minimum atomic E-state index is -1.47. The number of carboxylic acids is 1. The summed E-state index contributed by atoms with van der Waals surface area (Å²) in [6.45, 7) is 11.1. The Balaban J connectivity index is 0.999. The van der Waals surface area contributed by atoms with Gasteiger partial charge in [-0.25, -0.2) is 29.1 Å². The van der Waals surface area contributed by atoms with E-state index in [0.717, 1.165) is 57.7 Å². The van der Waals surface area contributed by atoms with Gasteiger partial charge in [-0.3, -0.25) is 4.90 Å². The van der Waals surface area contributed by atoms with Crippen LogP contribution >= 0.6 is 34.5 Å². The van der Waals surface area contributed by atoms with E-state index in [1.54, 1.807) is 43.6 Å². The maximum Gasteiger partial charge on any atom is 0.345 e. The number of carbonyl (C=O) groups is 1. The summed E-state index contributed by atoms with van der Waals surface area (Å²) in [5.41, 5.74) is 4.47. The number of rotatable bonds is 18. The van der Waals surface area contributed by atoms with Gasteiger partial charge in [-0.1, -0.05) is 35.3 Å². The van der Waals surface area contributed by atoms with E-state index in [2.05, 4.69) is 31.8 Å². The molecule has 4 aliphatic rings. The second-order valence-electron chi connectivity index (χ2n) is 19.1. The fourth-order valence-corrected chi connectivity index (χ4v) is 11.4. The molecule has 16 nitrogen and oxygen atoms in total. The van der Waals surface area contributed by atoms with Crippen molar-refractivity contribution < 1.29 is 52.2 Å². The maximum atomic E-state index is 14.4. The van der Waals surface area contributed by atoms with Crippen LogP contribution < -0.4 is 18.9 Å². The number of piperazine rings is 1. The van der Waals surface area contributed by atoms with Crippen LogP contribution in [0, 0.1) is 19.7 Å². The molecule has 0 unspecified atom stereocenters. The van der Waals surface area contributed by atoms with Gasteiger partial charge in [0.2, 0.25) is 12.0 Å². The number of aliphatic carboxylic acids is 1. The highest BCUT2D eigenvalue weighted by Gasteiger charge is 2.33. The van der Waals surface area contributed by atoms with E-state index in [0.29, 0.717) is 128 Å². The van der Waals surface area contributed by atoms with Crippen LogP contribution in [-0.2, 0) is 36.8 Å². The lowest BCUT2D eigenvalue weighted by Crippen LogP contribution is -2.49. The number of carboxylic acid groups (broad SMARTS) is 1. The van der Waals surface area contributed by atoms with E-state index in [4.69, 9.17) is 66.1 Å². The lowest BCUT2D eigenvalue weighted by atomic mass is 9.87. The molecule has 3 aromatic heterocycles. The number of thiophene rings is 1. The molecule has 6 aromatic rings. The molecule has 1 N–H and O–H groups in total. The van der Waals surface area contributed by atoms with Crippen LogP contribution in [0.3, 0.4) is 0 Å². The lowest BCUT2D eigenvalue weighted by Gasteiger charge is -2.35. The molecule has 4 bridgehead atoms. The number of nitrogens with zero attached hydrogens (tertiary/aromatic N) is 6. The van der Waals surface area contributed by atoms with Crippen LogP contribution in [0.25, 0.3) is 31.8 Å². The number of fused-ring (bicyclic) bond motifs is 7. The number of ether oxygens (including phenoxy) is 8. The van der Waals surface area contributed by atoms with Gasteiger partial charge >= 0.3 is 5.97 Å². The first-order valence-corrected chi connectivity index (χ1v) is 27.0. The van der Waals surface area contributed by atoms with Crippen molar-refractivity contribution in [3.05, 3.63) is 105 Å². The van der Waals surface area contributed by atoms with E-state index in [1.807, 2.05) is 19.9 Å². The van der Waals surface area contributed by atoms with E-state index in [1.165, 1.54) is 29.8 Å². The molecular formula is C55H63Cl2FN6O10S. The normalized spacial score (nSPS) is 19.6. The Morgan fingerprint density at radius 2 is 1.59 bits per heavy atom. The molecule has 3 aromatic carbocycles. The predicted molar refractivity (Wildman–Crippen MR) is 285 cm³/mol. The van der Waals surface area contributed by atoms with Gasteiger partial charge in [0.15, 0.2) is 5.75 Å². The molecule has 6 heterocycles. The van der Waals surface area contributed by atoms with Gasteiger partial charge in [-0.15, -0.1) is 11.3 Å². The van der Waals surface area contributed by atoms with Crippen LogP contribution in [0.15, 0.2) is 61.1 Å². The largest absolute Gasteiger partial charge is 0.490 e. The third-order valence-corrected chi connectivity index (χ3v) is 16.0. The fraction of sp³-hybridized carbons (Fsp3) is 0.473. The first-order chi connectivity index (χ1) is 36.4. The molecule has 2 atom stereocenters. The van der Waals surface area contributed by atoms with Crippen LogP contribution in [0.1, 0.15) is 59.8 Å². The van der Waals surface area contributed by atoms with Gasteiger partial charge < -0.3 is 47.9 Å². The number of benzene rings is 3. The molecule has 0 amide bonds. The molecule has 20 heteroatoms. The Morgan fingerprint density at radius 3 is 2.31 bits per heavy atom. The minimum Gasteiger partial charge on any atom is -0.490 e. The Labute approximate surface area is 450 Å². The number of hydrogen-bond donors (Lipinski definition) is 1. The standard InChI is InChI=1S/C55H63Cl2FN6O10S/c1-33-45-34(2)49(57)50(48(33)56)73-42(29-64-19-17-63(3)18-20-64)31-71-41-13-14-43(72-30-39-15-16-59-52(62-39)36-7-11-40(12-8-36)70-26-25-69-24-23-68-22-21-67-4)37(27-41)28-44(55(65)66)74-53-47-46(45)51(75-54(47)61-32-60-53)35-5-9-38(58)10-6-35/h5-6,9-10,13-16,27,32,36,40,42,44H,7-8,11-12,17-26,28-31H2,1-4H3,(H,65,66)/t36-,40-,42-,44-/m1/s1. The average molecular weight is 1090 g/mol. The van der Waals surface area contributed by atoms with Gasteiger partial charge in [0.05, 0.1) is 66.9 Å². The van der Waals surface area contributed by atoms with Crippen molar-refractivity contribution in [2.75, 3.05) is 93.1 Å². The predicted octanol–water partition coefficient (Wildman–Crippen LogP) is 9.64. The summed E-state index contributed by atoms with van der Waals surface area (Å²) >= 11 is 16.0. The highest BCUT2D eigenvalue weighted by atomic mass is 35.5. The van der Waals surface area contributed by atoms with Gasteiger partial charge in [-0.05, 0) is 105 Å². The molecule has 2 fully saturated rings. The Hall–Kier alpha value is -5.28. The maximum absolute atomic E-state index is 14.4. The number of likely N-dealkylation sites (N-methyl/N-ethyl adjacent to an activating group) is 1. The zero-order valence-electron chi connectivity index (χ0n) is 42.7. The van der Waals surface area contributed by atoms with Crippen molar-refractivity contribution in [3.8, 4) is 44.7 Å². The summed E-state index contributed by atoms with van der Waals surface area (Å²) in [6, 6.07) is 13.3. The zero-order chi connectivity index (χ0) is 52.4. The number of aromatic nitrogens is 4. The van der Waals surface area contributed by atoms with Crippen LogP contribution in [0.4, 0.5) is 4.39 Å². The van der Waals surface area contributed by atoms with Crippen LogP contribution in [-0.4, -0.2) is 152 Å². The SMILES string of the molecule is COCCOCCOCCO[C@H]1CC[C@H](c2nccc(COc3ccc4cc3C[C@H](C(=O)O)Oc3ncnc5sc(-c6ccc(F)cc6)c(c35)-c3c(C)c(Cl)c(c(Cl)c3C)O[C@H](CN3CCN(C)CC3)CO4)n2)CC1. The summed E-state index contributed by atoms with van der Waals surface area (Å²) in [4.78, 5) is 38.1. The highest BCUT2D eigenvalue weighted by molar-refractivity contribution is 7.22. The molecule has 10 rings (SSSR count). The minimum absolute atomic E-state index is 0.0310. The van der Waals surface area contributed by atoms with Crippen molar-refractivity contribution in [3.63, 3.8) is 0 Å². The molecule has 1 saturated heterocycles. The topological polar surface area (TPSA) is 169 Å². The van der Waals surface area contributed by atoms with E-state index >= 15 is 0 Å². The summed E-state index contributed by atoms with van der Waals surface area (Å²) < 4.78 is 63.1. The zero-order valence-corrected chi connectivity index (χ0v) is 45.0. The molecule has 3 aliphatic heterocycles. The van der Waals surface area contributed by atoms with Gasteiger partial charge in [0.1, 0.15) is 53.6 Å². The third kappa shape index (κ3) is 13.5. The molecule has 0 radical (unpaired) electrons. The molecular weight excluding hydrogens is 1030 g/mol. The second-order valence-corrected chi connectivity index (χ2v) is 20.8. The van der Waals surface area contributed by atoms with Crippen molar-refractivity contribution in [2.45, 2.75) is 76.8 Å².